The number of rotatable bonds is 0. The zero-order chi connectivity index (χ0) is 5.11. The van der Waals surface area contributed by atoms with E-state index in [1.807, 2.05) is 0 Å². The van der Waals surface area contributed by atoms with Gasteiger partial charge >= 0.3 is 0 Å². The number of hydrogen-bond acceptors (Lipinski definition) is 1. The Hall–Kier alpha value is -0.110. The van der Waals surface area contributed by atoms with Crippen molar-refractivity contribution < 1.29 is 4.39 Å². The first kappa shape index (κ1) is 5.04. The largest absolute Gasteiger partial charge is 0.313 e. The van der Waals surface area contributed by atoms with Gasteiger partial charge in [-0.05, 0) is 19.4 Å². The van der Waals surface area contributed by atoms with Crippen molar-refractivity contribution in [2.75, 3.05) is 13.1 Å². The molecule has 1 rings (SSSR count). The minimum absolute atomic E-state index is 0.103. The molecule has 0 aromatic carbocycles. The van der Waals surface area contributed by atoms with Gasteiger partial charge in [-0.3, -0.25) is 0 Å². The number of nitrogens with one attached hydrogen (secondary N) is 1. The maximum absolute atomic E-state index is 12.0. The molecule has 0 aromatic rings. The highest BCUT2D eigenvalue weighted by atomic mass is 19.1. The van der Waals surface area contributed by atoms with Gasteiger partial charge in [-0.25, -0.2) is 4.39 Å². The Bertz CT molecular complexity index is 50.0. The average Bonchev–Trinajstić information content (AvgIpc) is 1.69. The van der Waals surface area contributed by atoms with Gasteiger partial charge in [0.05, 0.1) is 0 Å². The maximum atomic E-state index is 12.0. The Morgan fingerprint density at radius 1 is 1.57 bits per heavy atom. The van der Waals surface area contributed by atoms with Gasteiger partial charge in [0, 0.05) is 6.54 Å². The molecular weight excluding hydrogens is 93.1 g/mol. The van der Waals surface area contributed by atoms with Crippen molar-refractivity contribution in [3.63, 3.8) is 0 Å². The zero-order valence-electron chi connectivity index (χ0n) is 4.21. The molecule has 7 heavy (non-hydrogen) atoms. The standard InChI is InChI=1S/C5H9FN/c6-5-2-1-3-7-4-5/h7H,1-4H2. The van der Waals surface area contributed by atoms with Gasteiger partial charge in [0.1, 0.15) is 0 Å². The van der Waals surface area contributed by atoms with Crippen molar-refractivity contribution in [3.05, 3.63) is 6.17 Å². The molecule has 1 N–H and O–H groups in total. The molecule has 1 aliphatic heterocycles. The van der Waals surface area contributed by atoms with Crippen molar-refractivity contribution in [2.45, 2.75) is 12.8 Å². The fraction of sp³-hybridized carbons (Fsp3) is 0.800. The molecule has 1 nitrogen and oxygen atoms in total. The molecule has 0 spiro atoms. The molecule has 0 atom stereocenters. The molecule has 0 amide bonds. The van der Waals surface area contributed by atoms with E-state index in [0.29, 0.717) is 13.0 Å². The summed E-state index contributed by atoms with van der Waals surface area (Å²) in [5.74, 6) is 0. The van der Waals surface area contributed by atoms with Gasteiger partial charge in [-0.15, -0.1) is 0 Å². The van der Waals surface area contributed by atoms with Crippen LogP contribution in [0.4, 0.5) is 4.39 Å². The Morgan fingerprint density at radius 3 is 2.71 bits per heavy atom. The lowest BCUT2D eigenvalue weighted by molar-refractivity contribution is 0.380. The monoisotopic (exact) mass is 102 g/mol. The molecular formula is C5H9FN. The van der Waals surface area contributed by atoms with Crippen LogP contribution >= 0.6 is 0 Å². The van der Waals surface area contributed by atoms with Crippen LogP contribution in [0.15, 0.2) is 0 Å². The second-order valence-electron chi connectivity index (χ2n) is 1.80. The summed E-state index contributed by atoms with van der Waals surface area (Å²) in [6.45, 7) is 1.47. The second-order valence-corrected chi connectivity index (χ2v) is 1.80. The number of halogens is 1. The van der Waals surface area contributed by atoms with Crippen LogP contribution in [0.2, 0.25) is 0 Å². The molecule has 2 heteroatoms. The third-order valence-electron chi connectivity index (χ3n) is 1.12. The number of hydrogen-bond donors (Lipinski definition) is 1. The van der Waals surface area contributed by atoms with E-state index < -0.39 is 0 Å². The van der Waals surface area contributed by atoms with Crippen LogP contribution in [0.1, 0.15) is 12.8 Å². The van der Waals surface area contributed by atoms with E-state index in [1.54, 1.807) is 0 Å². The van der Waals surface area contributed by atoms with Crippen LogP contribution in [-0.4, -0.2) is 13.1 Å². The minimum Gasteiger partial charge on any atom is -0.313 e. The fourth-order valence-corrected chi connectivity index (χ4v) is 0.718. The van der Waals surface area contributed by atoms with Gasteiger partial charge in [0.2, 0.25) is 0 Å². The van der Waals surface area contributed by atoms with E-state index in [-0.39, 0.29) is 6.17 Å². The minimum atomic E-state index is 0.103. The average molecular weight is 102 g/mol. The maximum Gasteiger partial charge on any atom is 0.158 e. The summed E-state index contributed by atoms with van der Waals surface area (Å²) in [5.41, 5.74) is 0. The fourth-order valence-electron chi connectivity index (χ4n) is 0.718. The molecule has 1 radical (unpaired) electrons. The third-order valence-corrected chi connectivity index (χ3v) is 1.12. The first-order valence-electron chi connectivity index (χ1n) is 2.60. The Kier molecular flexibility index (Phi) is 1.63. The van der Waals surface area contributed by atoms with Gasteiger partial charge in [0.15, 0.2) is 6.17 Å². The second kappa shape index (κ2) is 2.26. The van der Waals surface area contributed by atoms with Gasteiger partial charge in [-0.1, -0.05) is 0 Å². The Morgan fingerprint density at radius 2 is 2.43 bits per heavy atom. The molecule has 1 fully saturated rings. The summed E-state index contributed by atoms with van der Waals surface area (Å²) < 4.78 is 12.0. The quantitative estimate of drug-likeness (QED) is 0.478. The van der Waals surface area contributed by atoms with E-state index in [1.165, 1.54) is 0 Å². The molecule has 41 valence electrons. The summed E-state index contributed by atoms with van der Waals surface area (Å²) in [5, 5.41) is 2.92. The van der Waals surface area contributed by atoms with Crippen LogP contribution in [0.5, 0.6) is 0 Å². The van der Waals surface area contributed by atoms with Crippen molar-refractivity contribution in [3.8, 4) is 0 Å². The lowest BCUT2D eigenvalue weighted by Crippen LogP contribution is -2.25. The van der Waals surface area contributed by atoms with E-state index in [2.05, 4.69) is 5.32 Å². The molecule has 0 aliphatic carbocycles. The summed E-state index contributed by atoms with van der Waals surface area (Å²) >= 11 is 0. The van der Waals surface area contributed by atoms with Crippen LogP contribution in [0.3, 0.4) is 0 Å². The van der Waals surface area contributed by atoms with E-state index in [4.69, 9.17) is 0 Å². The third kappa shape index (κ3) is 1.43. The first-order valence-corrected chi connectivity index (χ1v) is 2.60. The molecule has 0 bridgehead atoms. The van der Waals surface area contributed by atoms with Crippen molar-refractivity contribution in [2.24, 2.45) is 0 Å². The van der Waals surface area contributed by atoms with Crippen LogP contribution < -0.4 is 5.32 Å². The highest BCUT2D eigenvalue weighted by molar-refractivity contribution is 4.83. The van der Waals surface area contributed by atoms with Crippen molar-refractivity contribution in [1.82, 2.24) is 5.32 Å². The Balaban J connectivity index is 2.12. The highest BCUT2D eigenvalue weighted by Crippen LogP contribution is 2.11. The van der Waals surface area contributed by atoms with Crippen LogP contribution in [0.25, 0.3) is 0 Å². The SMILES string of the molecule is F[C]1CCCNC1. The molecule has 0 saturated carbocycles. The predicted molar refractivity (Wildman–Crippen MR) is 26.5 cm³/mol. The van der Waals surface area contributed by atoms with Crippen molar-refractivity contribution in [1.29, 1.82) is 0 Å². The lowest BCUT2D eigenvalue weighted by atomic mass is 10.1. The van der Waals surface area contributed by atoms with Crippen LogP contribution in [-0.2, 0) is 0 Å². The molecule has 1 saturated heterocycles. The Labute approximate surface area is 42.9 Å². The van der Waals surface area contributed by atoms with Gasteiger partial charge in [0.25, 0.3) is 0 Å². The summed E-state index contributed by atoms with van der Waals surface area (Å²) in [6.07, 6.45) is 1.74. The van der Waals surface area contributed by atoms with Gasteiger partial charge in [-0.2, -0.15) is 0 Å². The highest BCUT2D eigenvalue weighted by Gasteiger charge is 2.10. The predicted octanol–water partition coefficient (Wildman–Crippen LogP) is 0.871. The van der Waals surface area contributed by atoms with Gasteiger partial charge < -0.3 is 5.32 Å². The summed E-state index contributed by atoms with van der Waals surface area (Å²) in [6, 6.07) is 0. The van der Waals surface area contributed by atoms with E-state index in [0.717, 1.165) is 13.0 Å². The topological polar surface area (TPSA) is 12.0 Å². The lowest BCUT2D eigenvalue weighted by Gasteiger charge is -2.13. The molecule has 1 heterocycles. The van der Waals surface area contributed by atoms with E-state index >= 15 is 0 Å². The molecule has 0 unspecified atom stereocenters. The summed E-state index contributed by atoms with van der Waals surface area (Å²) in [7, 11) is 0. The van der Waals surface area contributed by atoms with Crippen molar-refractivity contribution >= 4 is 0 Å². The normalized spacial score (nSPS) is 25.3. The molecule has 1 aliphatic rings. The first-order chi connectivity index (χ1) is 3.39. The zero-order valence-corrected chi connectivity index (χ0v) is 4.21. The number of piperidine rings is 1. The van der Waals surface area contributed by atoms with E-state index in [9.17, 15) is 4.39 Å². The smallest absolute Gasteiger partial charge is 0.158 e. The molecule has 0 aromatic heterocycles. The van der Waals surface area contributed by atoms with Crippen LogP contribution in [0, 0.1) is 6.17 Å². The summed E-state index contributed by atoms with van der Waals surface area (Å²) in [4.78, 5) is 0.